The van der Waals surface area contributed by atoms with Crippen molar-refractivity contribution in [3.05, 3.63) is 65.9 Å². The van der Waals surface area contributed by atoms with Gasteiger partial charge in [-0.1, -0.05) is 35.9 Å². The molecule has 3 heterocycles. The third-order valence-electron chi connectivity index (χ3n) is 7.82. The highest BCUT2D eigenvalue weighted by atomic mass is 32.2. The molecule has 2 saturated heterocycles. The molecule has 2 amide bonds. The van der Waals surface area contributed by atoms with Crippen LogP contribution in [0.1, 0.15) is 35.3 Å². The summed E-state index contributed by atoms with van der Waals surface area (Å²) in [5.74, 6) is -0.170. The predicted octanol–water partition coefficient (Wildman–Crippen LogP) is 2.92. The second-order valence-corrected chi connectivity index (χ2v) is 11.9. The third kappa shape index (κ3) is 4.65. The van der Waals surface area contributed by atoms with Crippen LogP contribution in [-0.2, 0) is 21.9 Å². The molecule has 2 fully saturated rings. The first-order valence-corrected chi connectivity index (χ1v) is 13.8. The number of carbonyl (C=O) groups is 2. The van der Waals surface area contributed by atoms with Crippen molar-refractivity contribution in [2.75, 3.05) is 32.7 Å². The normalized spacial score (nSPS) is 17.7. The minimum Gasteiger partial charge on any atom is -0.341 e. The van der Waals surface area contributed by atoms with Crippen molar-refractivity contribution in [3.63, 3.8) is 0 Å². The van der Waals surface area contributed by atoms with E-state index in [2.05, 4.69) is 4.72 Å². The Morgan fingerprint density at radius 2 is 1.58 bits per heavy atom. The van der Waals surface area contributed by atoms with Crippen molar-refractivity contribution < 1.29 is 18.0 Å². The van der Waals surface area contributed by atoms with E-state index in [1.807, 2.05) is 53.8 Å². The number of hydrogen-bond donors (Lipinski definition) is 1. The Kier molecular flexibility index (Phi) is 6.38. The average Bonchev–Trinajstić information content (AvgIpc) is 3.44. The zero-order valence-electron chi connectivity index (χ0n) is 20.7. The highest BCUT2D eigenvalue weighted by Gasteiger charge is 2.43. The molecule has 0 atom stereocenters. The number of aryl methyl sites for hydroxylation is 2. The molecule has 3 aromatic rings. The SMILES string of the molecule is Cc1ccc(S(=O)(=O)NCC(=O)N2CCC3(CCN(C(=O)c4cc5ccccc5n4C)CC3)C2)cc1. The van der Waals surface area contributed by atoms with Crippen LogP contribution in [0.15, 0.2) is 59.5 Å². The van der Waals surface area contributed by atoms with E-state index in [0.717, 1.165) is 35.7 Å². The zero-order valence-corrected chi connectivity index (χ0v) is 21.6. The summed E-state index contributed by atoms with van der Waals surface area (Å²) in [6, 6.07) is 16.5. The lowest BCUT2D eigenvalue weighted by atomic mass is 9.77. The molecular weight excluding hydrogens is 476 g/mol. The van der Waals surface area contributed by atoms with Gasteiger partial charge < -0.3 is 14.4 Å². The second kappa shape index (κ2) is 9.37. The lowest BCUT2D eigenvalue weighted by molar-refractivity contribution is -0.129. The van der Waals surface area contributed by atoms with Crippen molar-refractivity contribution in [1.29, 1.82) is 0 Å². The second-order valence-electron chi connectivity index (χ2n) is 10.1. The number of benzene rings is 2. The van der Waals surface area contributed by atoms with Gasteiger partial charge in [0, 0.05) is 44.1 Å². The number of amides is 2. The first-order chi connectivity index (χ1) is 17.2. The van der Waals surface area contributed by atoms with Gasteiger partial charge in [-0.25, -0.2) is 13.1 Å². The smallest absolute Gasteiger partial charge is 0.270 e. The van der Waals surface area contributed by atoms with Gasteiger partial charge in [0.1, 0.15) is 5.69 Å². The number of carbonyl (C=O) groups excluding carboxylic acids is 2. The molecule has 2 aliphatic heterocycles. The number of aromatic nitrogens is 1. The Morgan fingerprint density at radius 3 is 2.25 bits per heavy atom. The summed E-state index contributed by atoms with van der Waals surface area (Å²) < 4.78 is 29.5. The molecule has 1 spiro atoms. The van der Waals surface area contributed by atoms with Gasteiger partial charge in [0.2, 0.25) is 15.9 Å². The first kappa shape index (κ1) is 24.5. The lowest BCUT2D eigenvalue weighted by Crippen LogP contribution is -2.46. The van der Waals surface area contributed by atoms with Crippen molar-refractivity contribution >= 4 is 32.7 Å². The summed E-state index contributed by atoms with van der Waals surface area (Å²) in [5.41, 5.74) is 2.69. The molecule has 9 heteroatoms. The molecule has 36 heavy (non-hydrogen) atoms. The molecule has 2 aromatic carbocycles. The van der Waals surface area contributed by atoms with Crippen molar-refractivity contribution in [3.8, 4) is 0 Å². The van der Waals surface area contributed by atoms with Gasteiger partial charge in [0.25, 0.3) is 5.91 Å². The summed E-state index contributed by atoms with van der Waals surface area (Å²) in [6.07, 6.45) is 2.54. The van der Waals surface area contributed by atoms with E-state index >= 15 is 0 Å². The maximum absolute atomic E-state index is 13.3. The Hall–Kier alpha value is -3.17. The molecule has 0 unspecified atom stereocenters. The van der Waals surface area contributed by atoms with Crippen LogP contribution in [0, 0.1) is 12.3 Å². The number of likely N-dealkylation sites (tertiary alicyclic amines) is 2. The molecule has 8 nitrogen and oxygen atoms in total. The molecule has 5 rings (SSSR count). The maximum atomic E-state index is 13.3. The predicted molar refractivity (Wildman–Crippen MR) is 138 cm³/mol. The largest absolute Gasteiger partial charge is 0.341 e. The van der Waals surface area contributed by atoms with Crippen LogP contribution in [0.2, 0.25) is 0 Å². The van der Waals surface area contributed by atoms with E-state index in [9.17, 15) is 18.0 Å². The number of piperidine rings is 1. The monoisotopic (exact) mass is 508 g/mol. The third-order valence-corrected chi connectivity index (χ3v) is 9.23. The van der Waals surface area contributed by atoms with Crippen LogP contribution in [0.4, 0.5) is 0 Å². The standard InChI is InChI=1S/C27H32N4O4S/c1-20-7-9-22(10-8-20)36(34,35)28-18-25(32)31-16-13-27(19-31)11-14-30(15-12-27)26(33)24-17-21-5-3-4-6-23(21)29(24)2/h3-10,17,28H,11-16,18-19H2,1-2H3. The van der Waals surface area contributed by atoms with E-state index < -0.39 is 10.0 Å². The van der Waals surface area contributed by atoms with Crippen molar-refractivity contribution in [2.24, 2.45) is 12.5 Å². The Labute approximate surface area is 211 Å². The molecular formula is C27H32N4O4S. The van der Waals surface area contributed by atoms with Gasteiger partial charge in [0.05, 0.1) is 11.4 Å². The Balaban J connectivity index is 1.16. The number of rotatable bonds is 5. The van der Waals surface area contributed by atoms with Crippen LogP contribution in [0.3, 0.4) is 0 Å². The zero-order chi connectivity index (χ0) is 25.5. The molecule has 2 aliphatic rings. The van der Waals surface area contributed by atoms with Crippen molar-refractivity contribution in [1.82, 2.24) is 19.1 Å². The number of hydrogen-bond acceptors (Lipinski definition) is 4. The summed E-state index contributed by atoms with van der Waals surface area (Å²) in [7, 11) is -1.81. The van der Waals surface area contributed by atoms with Crippen LogP contribution in [-0.4, -0.2) is 67.3 Å². The van der Waals surface area contributed by atoms with Gasteiger partial charge in [-0.2, -0.15) is 0 Å². The van der Waals surface area contributed by atoms with E-state index in [4.69, 9.17) is 0 Å². The summed E-state index contributed by atoms with van der Waals surface area (Å²) in [4.78, 5) is 29.9. The van der Waals surface area contributed by atoms with Gasteiger partial charge in [0.15, 0.2) is 0 Å². The number of nitrogens with one attached hydrogen (secondary N) is 1. The fraction of sp³-hybridized carbons (Fsp3) is 0.407. The van der Waals surface area contributed by atoms with Gasteiger partial charge >= 0.3 is 0 Å². The molecule has 0 bridgehead atoms. The minimum atomic E-state index is -3.74. The minimum absolute atomic E-state index is 0.0127. The highest BCUT2D eigenvalue weighted by Crippen LogP contribution is 2.40. The van der Waals surface area contributed by atoms with Crippen LogP contribution in [0.5, 0.6) is 0 Å². The number of para-hydroxylation sites is 1. The molecule has 0 aliphatic carbocycles. The quantitative estimate of drug-likeness (QED) is 0.574. The van der Waals surface area contributed by atoms with E-state index in [0.29, 0.717) is 31.9 Å². The van der Waals surface area contributed by atoms with Gasteiger partial charge in [-0.05, 0) is 55.9 Å². The number of sulfonamides is 1. The summed E-state index contributed by atoms with van der Waals surface area (Å²) in [6.45, 7) is 4.17. The number of fused-ring (bicyclic) bond motifs is 1. The lowest BCUT2D eigenvalue weighted by Gasteiger charge is -2.39. The van der Waals surface area contributed by atoms with E-state index in [1.165, 1.54) is 0 Å². The van der Waals surface area contributed by atoms with Crippen LogP contribution in [0.25, 0.3) is 10.9 Å². The average molecular weight is 509 g/mol. The molecule has 1 N–H and O–H groups in total. The summed E-state index contributed by atoms with van der Waals surface area (Å²) >= 11 is 0. The maximum Gasteiger partial charge on any atom is 0.270 e. The topological polar surface area (TPSA) is 91.7 Å². The van der Waals surface area contributed by atoms with E-state index in [-0.39, 0.29) is 28.7 Å². The first-order valence-electron chi connectivity index (χ1n) is 12.4. The van der Waals surface area contributed by atoms with E-state index in [1.54, 1.807) is 29.2 Å². The van der Waals surface area contributed by atoms with Gasteiger partial charge in [-0.15, -0.1) is 0 Å². The van der Waals surface area contributed by atoms with Gasteiger partial charge in [-0.3, -0.25) is 9.59 Å². The number of nitrogens with zero attached hydrogens (tertiary/aromatic N) is 3. The molecule has 0 saturated carbocycles. The Bertz CT molecular complexity index is 1400. The fourth-order valence-electron chi connectivity index (χ4n) is 5.47. The van der Waals surface area contributed by atoms with Crippen molar-refractivity contribution in [2.45, 2.75) is 31.1 Å². The fourth-order valence-corrected chi connectivity index (χ4v) is 6.44. The summed E-state index contributed by atoms with van der Waals surface area (Å²) in [5, 5.41) is 1.06. The molecule has 190 valence electrons. The molecule has 0 radical (unpaired) electrons. The molecule has 1 aromatic heterocycles. The van der Waals surface area contributed by atoms with Crippen LogP contribution < -0.4 is 4.72 Å². The Morgan fingerprint density at radius 1 is 0.944 bits per heavy atom. The highest BCUT2D eigenvalue weighted by molar-refractivity contribution is 7.89. The van der Waals surface area contributed by atoms with Crippen LogP contribution >= 0.6 is 0 Å².